The fourth-order valence-corrected chi connectivity index (χ4v) is 3.21. The molecule has 2 aliphatic heterocycles. The number of amides is 1. The van der Waals surface area contributed by atoms with Gasteiger partial charge in [0.1, 0.15) is 11.4 Å². The number of hydrogen-bond donors (Lipinski definition) is 0. The third kappa shape index (κ3) is 4.71. The lowest BCUT2D eigenvalue weighted by Crippen LogP contribution is -2.60. The van der Waals surface area contributed by atoms with Crippen molar-refractivity contribution in [3.05, 3.63) is 0 Å². The van der Waals surface area contributed by atoms with Crippen LogP contribution in [0.4, 0.5) is 4.79 Å². The Bertz CT molecular complexity index is 497. The Hall–Kier alpha value is -1.54. The minimum absolute atomic E-state index is 0.0289. The van der Waals surface area contributed by atoms with Crippen molar-refractivity contribution in [2.45, 2.75) is 71.1 Å². The Morgan fingerprint density at radius 1 is 1.17 bits per heavy atom. The molecule has 0 radical (unpaired) electrons. The maximum Gasteiger partial charge on any atom is 0.410 e. The minimum atomic E-state index is -0.519. The quantitative estimate of drug-likeness (QED) is 0.734. The topological polar surface area (TPSA) is 55.8 Å². The van der Waals surface area contributed by atoms with E-state index in [1.165, 1.54) is 0 Å². The van der Waals surface area contributed by atoms with Gasteiger partial charge in [0.15, 0.2) is 0 Å². The molecular weight excluding hydrogens is 294 g/mol. The van der Waals surface area contributed by atoms with Crippen molar-refractivity contribution in [3.63, 3.8) is 0 Å². The summed E-state index contributed by atoms with van der Waals surface area (Å²) < 4.78 is 11.1. The smallest absolute Gasteiger partial charge is 0.410 e. The lowest BCUT2D eigenvalue weighted by atomic mass is 9.82. The first kappa shape index (κ1) is 17.8. The van der Waals surface area contributed by atoms with E-state index in [1.54, 1.807) is 4.90 Å². The molecule has 2 atom stereocenters. The number of carbonyl (C=O) groups is 2. The minimum Gasteiger partial charge on any atom is -0.444 e. The first-order valence-corrected chi connectivity index (χ1v) is 8.39. The van der Waals surface area contributed by atoms with E-state index in [2.05, 4.69) is 11.8 Å². The molecule has 2 heterocycles. The predicted octanol–water partition coefficient (Wildman–Crippen LogP) is 2.77. The number of nitrogens with zero attached hydrogens (tertiary/aromatic N) is 1. The maximum atomic E-state index is 12.5. The molecule has 23 heavy (non-hydrogen) atoms. The van der Waals surface area contributed by atoms with E-state index < -0.39 is 5.60 Å². The second kappa shape index (κ2) is 7.35. The molecule has 2 saturated heterocycles. The number of rotatable bonds is 2. The average Bonchev–Trinajstić information content (AvgIpc) is 2.44. The summed E-state index contributed by atoms with van der Waals surface area (Å²) in [5.74, 6) is 6.03. The molecule has 2 bridgehead atoms. The van der Waals surface area contributed by atoms with Gasteiger partial charge in [0.05, 0.1) is 31.7 Å². The number of ether oxygens (including phenoxy) is 2. The summed E-state index contributed by atoms with van der Waals surface area (Å²) in [7, 11) is 0. The van der Waals surface area contributed by atoms with Crippen LogP contribution >= 0.6 is 0 Å². The molecule has 2 fully saturated rings. The van der Waals surface area contributed by atoms with E-state index in [9.17, 15) is 9.59 Å². The van der Waals surface area contributed by atoms with Gasteiger partial charge in [-0.15, -0.1) is 5.92 Å². The summed E-state index contributed by atoms with van der Waals surface area (Å²) >= 11 is 0. The van der Waals surface area contributed by atoms with Gasteiger partial charge >= 0.3 is 6.09 Å². The molecule has 1 amide bonds. The van der Waals surface area contributed by atoms with Crippen LogP contribution in [0.15, 0.2) is 0 Å². The van der Waals surface area contributed by atoms with Gasteiger partial charge in [-0.25, -0.2) is 4.79 Å². The average molecular weight is 321 g/mol. The first-order valence-electron chi connectivity index (χ1n) is 8.39. The highest BCUT2D eigenvalue weighted by Crippen LogP contribution is 2.33. The largest absolute Gasteiger partial charge is 0.444 e. The summed E-state index contributed by atoms with van der Waals surface area (Å²) in [4.78, 5) is 26.6. The predicted molar refractivity (Wildman–Crippen MR) is 86.9 cm³/mol. The van der Waals surface area contributed by atoms with E-state index in [4.69, 9.17) is 9.47 Å². The number of hydrogen-bond acceptors (Lipinski definition) is 4. The molecule has 128 valence electrons. The number of Topliss-reactive ketones (excluding diaryl/α,β-unsaturated/α-hetero) is 1. The summed E-state index contributed by atoms with van der Waals surface area (Å²) in [5, 5.41) is 0. The lowest BCUT2D eigenvalue weighted by molar-refractivity contribution is -0.131. The van der Waals surface area contributed by atoms with Crippen molar-refractivity contribution in [2.24, 2.45) is 5.92 Å². The molecule has 2 rings (SSSR count). The van der Waals surface area contributed by atoms with Crippen LogP contribution in [0.5, 0.6) is 0 Å². The Labute approximate surface area is 138 Å². The van der Waals surface area contributed by atoms with Gasteiger partial charge < -0.3 is 9.47 Å². The Morgan fingerprint density at radius 3 is 2.30 bits per heavy atom. The van der Waals surface area contributed by atoms with Gasteiger partial charge in [0.2, 0.25) is 0 Å². The van der Waals surface area contributed by atoms with Gasteiger partial charge in [-0.3, -0.25) is 9.69 Å². The molecule has 0 aromatic heterocycles. The molecule has 0 spiro atoms. The number of ketones is 1. The summed E-state index contributed by atoms with van der Waals surface area (Å²) in [6, 6.07) is -0.157. The highest BCUT2D eigenvalue weighted by Gasteiger charge is 2.44. The van der Waals surface area contributed by atoms with Crippen LogP contribution in [0, 0.1) is 17.8 Å². The molecule has 0 aromatic carbocycles. The highest BCUT2D eigenvalue weighted by molar-refractivity contribution is 5.83. The van der Waals surface area contributed by atoms with Gasteiger partial charge in [-0.2, -0.15) is 0 Å². The summed E-state index contributed by atoms with van der Waals surface area (Å²) in [6.07, 6.45) is 2.06. The van der Waals surface area contributed by atoms with Crippen molar-refractivity contribution in [2.75, 3.05) is 13.2 Å². The van der Waals surface area contributed by atoms with Crippen molar-refractivity contribution in [1.82, 2.24) is 4.90 Å². The molecule has 5 heteroatoms. The monoisotopic (exact) mass is 321 g/mol. The molecular formula is C18H27NO4. The number of fused-ring (bicyclic) bond motifs is 2. The Balaban J connectivity index is 2.03. The van der Waals surface area contributed by atoms with Gasteiger partial charge in [0.25, 0.3) is 0 Å². The van der Waals surface area contributed by atoms with Crippen molar-refractivity contribution >= 4 is 11.9 Å². The highest BCUT2D eigenvalue weighted by atomic mass is 16.6. The number of carbonyl (C=O) groups excluding carboxylic acids is 2. The summed E-state index contributed by atoms with van der Waals surface area (Å²) in [6.45, 7) is 8.50. The van der Waals surface area contributed by atoms with Gasteiger partial charge in [-0.05, 0) is 33.6 Å². The number of piperidine rings is 1. The first-order chi connectivity index (χ1) is 10.8. The van der Waals surface area contributed by atoms with Crippen LogP contribution in [0.2, 0.25) is 0 Å². The van der Waals surface area contributed by atoms with E-state index in [0.29, 0.717) is 32.5 Å². The zero-order chi connectivity index (χ0) is 17.0. The standard InChI is InChI=1S/C18H27NO4/c1-5-6-7-8-16(20)13-9-14-11-22-12-15(10-13)19(14)17(21)23-18(2,3)4/h13-15H,5,8-12H2,1-4H3. The van der Waals surface area contributed by atoms with Crippen molar-refractivity contribution in [3.8, 4) is 11.8 Å². The van der Waals surface area contributed by atoms with E-state index in [0.717, 1.165) is 6.42 Å². The second-order valence-corrected chi connectivity index (χ2v) is 7.25. The zero-order valence-electron chi connectivity index (χ0n) is 14.6. The molecule has 0 aliphatic carbocycles. The van der Waals surface area contributed by atoms with Crippen LogP contribution in [-0.4, -0.2) is 47.7 Å². The number of morpholine rings is 1. The molecule has 2 unspecified atom stereocenters. The van der Waals surface area contributed by atoms with Crippen molar-refractivity contribution in [1.29, 1.82) is 0 Å². The van der Waals surface area contributed by atoms with Crippen LogP contribution in [0.1, 0.15) is 53.4 Å². The van der Waals surface area contributed by atoms with E-state index >= 15 is 0 Å². The van der Waals surface area contributed by atoms with Crippen LogP contribution in [0.25, 0.3) is 0 Å². The van der Waals surface area contributed by atoms with Crippen LogP contribution in [0.3, 0.4) is 0 Å². The third-order valence-corrected chi connectivity index (χ3v) is 4.14. The van der Waals surface area contributed by atoms with Crippen molar-refractivity contribution < 1.29 is 19.1 Å². The maximum absolute atomic E-state index is 12.5. The SMILES string of the molecule is CCC#CCC(=O)C1CC2COCC(C1)N2C(=O)OC(C)(C)C. The van der Waals surface area contributed by atoms with Crippen LogP contribution < -0.4 is 0 Å². The normalized spacial score (nSPS) is 27.0. The molecule has 2 aliphatic rings. The third-order valence-electron chi connectivity index (χ3n) is 4.14. The van der Waals surface area contributed by atoms with Crippen LogP contribution in [-0.2, 0) is 14.3 Å². The van der Waals surface area contributed by atoms with Gasteiger partial charge in [-0.1, -0.05) is 12.8 Å². The van der Waals surface area contributed by atoms with E-state index in [-0.39, 0.29) is 29.9 Å². The molecule has 0 N–H and O–H groups in total. The second-order valence-electron chi connectivity index (χ2n) is 7.25. The zero-order valence-corrected chi connectivity index (χ0v) is 14.6. The molecule has 0 saturated carbocycles. The van der Waals surface area contributed by atoms with Gasteiger partial charge in [0, 0.05) is 12.3 Å². The lowest BCUT2D eigenvalue weighted by Gasteiger charge is -2.47. The molecule has 5 nitrogen and oxygen atoms in total. The molecule has 0 aromatic rings. The Kier molecular flexibility index (Phi) is 5.69. The van der Waals surface area contributed by atoms with E-state index in [1.807, 2.05) is 27.7 Å². The fraction of sp³-hybridized carbons (Fsp3) is 0.778. The Morgan fingerprint density at radius 2 is 1.78 bits per heavy atom. The fourth-order valence-electron chi connectivity index (χ4n) is 3.21. The summed E-state index contributed by atoms with van der Waals surface area (Å²) in [5.41, 5.74) is -0.519.